The van der Waals surface area contributed by atoms with E-state index in [0.717, 1.165) is 18.9 Å². The maximum Gasteiger partial charge on any atom is 0.416 e. The lowest BCUT2D eigenvalue weighted by Gasteiger charge is -2.28. The lowest BCUT2D eigenvalue weighted by molar-refractivity contribution is -0.138. The normalized spacial score (nSPS) is 19.0. The van der Waals surface area contributed by atoms with E-state index in [1.54, 1.807) is 11.8 Å². The Morgan fingerprint density at radius 2 is 1.77 bits per heavy atom. The van der Waals surface area contributed by atoms with Gasteiger partial charge in [-0.05, 0) is 44.2 Å². The minimum atomic E-state index is -4.44. The molecule has 1 heterocycles. The number of carbonyl (C=O) groups is 1. The Morgan fingerprint density at radius 1 is 1.10 bits per heavy atom. The summed E-state index contributed by atoms with van der Waals surface area (Å²) in [5.41, 5.74) is -0.645. The number of nitrogens with one attached hydrogen (secondary N) is 2. The van der Waals surface area contributed by atoms with E-state index in [-0.39, 0.29) is 30.0 Å². The number of alkyl halides is 3. The van der Waals surface area contributed by atoms with Crippen LogP contribution in [0.15, 0.2) is 24.3 Å². The summed E-state index contributed by atoms with van der Waals surface area (Å²) < 4.78 is 39.3. The second-order valence-electron chi connectivity index (χ2n) is 7.97. The standard InChI is InChI=1S/C21H27F3N6O/c1-13-26-19(29-20(27-13)30(2)3)28-16-10-8-14(9-11-16)18(31)25-12-15-6-4-5-7-17(15)21(22,23)24/h4-7,14,16H,8-12H2,1-3H3,(H,25,31)(H,26,27,28,29). The second-order valence-corrected chi connectivity index (χ2v) is 7.97. The smallest absolute Gasteiger partial charge is 0.352 e. The first-order valence-electron chi connectivity index (χ1n) is 10.2. The third-order valence-electron chi connectivity index (χ3n) is 5.34. The Balaban J connectivity index is 1.52. The van der Waals surface area contributed by atoms with Crippen LogP contribution in [0.5, 0.6) is 0 Å². The average Bonchev–Trinajstić information content (AvgIpc) is 2.71. The number of hydrogen-bond donors (Lipinski definition) is 2. The van der Waals surface area contributed by atoms with Gasteiger partial charge in [-0.2, -0.15) is 28.1 Å². The molecule has 31 heavy (non-hydrogen) atoms. The van der Waals surface area contributed by atoms with Crippen molar-refractivity contribution in [3.8, 4) is 0 Å². The van der Waals surface area contributed by atoms with Crippen molar-refractivity contribution >= 4 is 17.8 Å². The molecule has 0 bridgehead atoms. The summed E-state index contributed by atoms with van der Waals surface area (Å²) in [6.07, 6.45) is -1.65. The third-order valence-corrected chi connectivity index (χ3v) is 5.34. The Labute approximate surface area is 179 Å². The first-order chi connectivity index (χ1) is 14.6. The predicted octanol–water partition coefficient (Wildman–Crippen LogP) is 3.55. The highest BCUT2D eigenvalue weighted by molar-refractivity contribution is 5.78. The van der Waals surface area contributed by atoms with Gasteiger partial charge in [0.2, 0.25) is 17.8 Å². The Kier molecular flexibility index (Phi) is 6.97. The number of benzene rings is 1. The molecular weight excluding hydrogens is 409 g/mol. The van der Waals surface area contributed by atoms with Gasteiger partial charge in [-0.3, -0.25) is 4.79 Å². The molecule has 168 valence electrons. The number of aromatic nitrogens is 3. The van der Waals surface area contributed by atoms with Gasteiger partial charge in [0.1, 0.15) is 5.82 Å². The minimum absolute atomic E-state index is 0.0700. The van der Waals surface area contributed by atoms with E-state index in [1.165, 1.54) is 18.2 Å². The van der Waals surface area contributed by atoms with E-state index in [4.69, 9.17) is 0 Å². The van der Waals surface area contributed by atoms with Crippen LogP contribution in [0.2, 0.25) is 0 Å². The Morgan fingerprint density at radius 3 is 2.42 bits per heavy atom. The molecule has 1 amide bonds. The van der Waals surface area contributed by atoms with Gasteiger partial charge in [-0.25, -0.2) is 0 Å². The van der Waals surface area contributed by atoms with Crippen molar-refractivity contribution in [2.24, 2.45) is 5.92 Å². The van der Waals surface area contributed by atoms with E-state index in [2.05, 4.69) is 25.6 Å². The van der Waals surface area contributed by atoms with Crippen LogP contribution in [-0.2, 0) is 17.5 Å². The summed E-state index contributed by atoms with van der Waals surface area (Å²) in [6, 6.07) is 5.44. The van der Waals surface area contributed by atoms with E-state index < -0.39 is 11.7 Å². The molecule has 2 N–H and O–H groups in total. The summed E-state index contributed by atoms with van der Waals surface area (Å²) in [4.78, 5) is 27.3. The van der Waals surface area contributed by atoms with Crippen LogP contribution < -0.4 is 15.5 Å². The van der Waals surface area contributed by atoms with Crippen LogP contribution in [0.1, 0.15) is 42.6 Å². The molecule has 0 atom stereocenters. The maximum absolute atomic E-state index is 13.1. The molecule has 1 aliphatic carbocycles. The average molecular weight is 436 g/mol. The summed E-state index contributed by atoms with van der Waals surface area (Å²) >= 11 is 0. The van der Waals surface area contributed by atoms with Crippen LogP contribution >= 0.6 is 0 Å². The highest BCUT2D eigenvalue weighted by Crippen LogP contribution is 2.32. The van der Waals surface area contributed by atoms with Gasteiger partial charge >= 0.3 is 6.18 Å². The molecule has 0 radical (unpaired) electrons. The van der Waals surface area contributed by atoms with E-state index in [1.807, 2.05) is 14.1 Å². The van der Waals surface area contributed by atoms with Gasteiger partial charge in [-0.15, -0.1) is 0 Å². The molecule has 0 unspecified atom stereocenters. The monoisotopic (exact) mass is 436 g/mol. The molecule has 0 spiro atoms. The molecule has 2 aromatic rings. The molecule has 10 heteroatoms. The molecule has 1 fully saturated rings. The Hall–Kier alpha value is -2.91. The first kappa shape index (κ1) is 22.8. The topological polar surface area (TPSA) is 83.0 Å². The summed E-state index contributed by atoms with van der Waals surface area (Å²) in [5, 5.41) is 5.99. The fraction of sp³-hybridized carbons (Fsp3) is 0.524. The molecule has 7 nitrogen and oxygen atoms in total. The van der Waals surface area contributed by atoms with Crippen LogP contribution in [0.4, 0.5) is 25.1 Å². The number of nitrogens with zero attached hydrogens (tertiary/aromatic N) is 4. The molecule has 0 aliphatic heterocycles. The number of carbonyl (C=O) groups excluding carboxylic acids is 1. The molecule has 1 aliphatic rings. The molecule has 0 saturated heterocycles. The fourth-order valence-corrected chi connectivity index (χ4v) is 3.69. The van der Waals surface area contributed by atoms with Gasteiger partial charge in [0.15, 0.2) is 0 Å². The SMILES string of the molecule is Cc1nc(NC2CCC(C(=O)NCc3ccccc3C(F)(F)F)CC2)nc(N(C)C)n1. The largest absolute Gasteiger partial charge is 0.416 e. The van der Waals surface area contributed by atoms with Crippen molar-refractivity contribution < 1.29 is 18.0 Å². The van der Waals surface area contributed by atoms with Crippen molar-refractivity contribution in [3.63, 3.8) is 0 Å². The molecule has 1 aromatic carbocycles. The predicted molar refractivity (Wildman–Crippen MR) is 112 cm³/mol. The van der Waals surface area contributed by atoms with E-state index >= 15 is 0 Å². The fourth-order valence-electron chi connectivity index (χ4n) is 3.69. The van der Waals surface area contributed by atoms with Crippen molar-refractivity contribution in [1.82, 2.24) is 20.3 Å². The lowest BCUT2D eigenvalue weighted by Crippen LogP contribution is -2.36. The van der Waals surface area contributed by atoms with Crippen molar-refractivity contribution in [2.75, 3.05) is 24.3 Å². The third kappa shape index (κ3) is 6.05. The molecule has 1 aromatic heterocycles. The number of rotatable bonds is 6. The van der Waals surface area contributed by atoms with Crippen LogP contribution in [0.3, 0.4) is 0 Å². The van der Waals surface area contributed by atoms with Crippen molar-refractivity contribution in [1.29, 1.82) is 0 Å². The van der Waals surface area contributed by atoms with Crippen molar-refractivity contribution in [3.05, 3.63) is 41.2 Å². The van der Waals surface area contributed by atoms with E-state index in [9.17, 15) is 18.0 Å². The quantitative estimate of drug-likeness (QED) is 0.721. The molecular formula is C21H27F3N6O. The number of hydrogen-bond acceptors (Lipinski definition) is 6. The second kappa shape index (κ2) is 9.49. The summed E-state index contributed by atoms with van der Waals surface area (Å²) in [5.74, 6) is 1.28. The number of anilines is 2. The van der Waals surface area contributed by atoms with Crippen molar-refractivity contribution in [2.45, 2.75) is 51.4 Å². The number of aryl methyl sites for hydroxylation is 1. The maximum atomic E-state index is 13.1. The first-order valence-corrected chi connectivity index (χ1v) is 10.2. The lowest BCUT2D eigenvalue weighted by atomic mass is 9.85. The van der Waals surface area contributed by atoms with Gasteiger partial charge < -0.3 is 15.5 Å². The van der Waals surface area contributed by atoms with E-state index in [0.29, 0.717) is 30.6 Å². The van der Waals surface area contributed by atoms with Crippen LogP contribution in [0, 0.1) is 12.8 Å². The highest BCUT2D eigenvalue weighted by Gasteiger charge is 2.33. The van der Waals surface area contributed by atoms with Gasteiger partial charge in [0.05, 0.1) is 5.56 Å². The zero-order chi connectivity index (χ0) is 22.6. The molecule has 3 rings (SSSR count). The number of amides is 1. The minimum Gasteiger partial charge on any atom is -0.352 e. The number of halogens is 3. The molecule has 1 saturated carbocycles. The van der Waals surface area contributed by atoms with Crippen LogP contribution in [-0.4, -0.2) is 41.0 Å². The highest BCUT2D eigenvalue weighted by atomic mass is 19.4. The van der Waals surface area contributed by atoms with Gasteiger partial charge in [0.25, 0.3) is 0 Å². The zero-order valence-electron chi connectivity index (χ0n) is 17.8. The van der Waals surface area contributed by atoms with Crippen LogP contribution in [0.25, 0.3) is 0 Å². The summed E-state index contributed by atoms with van der Waals surface area (Å²) in [7, 11) is 3.71. The van der Waals surface area contributed by atoms with Gasteiger partial charge in [0, 0.05) is 32.6 Å². The Bertz CT molecular complexity index is 910. The van der Waals surface area contributed by atoms with Gasteiger partial charge in [-0.1, -0.05) is 18.2 Å². The zero-order valence-corrected chi connectivity index (χ0v) is 17.8. The summed E-state index contributed by atoms with van der Waals surface area (Å²) in [6.45, 7) is 1.67.